The van der Waals surface area contributed by atoms with E-state index in [2.05, 4.69) is 148 Å². The monoisotopic (exact) mass is 1760 g/mol. The van der Waals surface area contributed by atoms with Crippen molar-refractivity contribution in [3.63, 3.8) is 0 Å². The predicted molar refractivity (Wildman–Crippen MR) is 486 cm³/mol. The molecule has 18 N–H and O–H groups in total. The van der Waals surface area contributed by atoms with Gasteiger partial charge in [0.2, 0.25) is 0 Å². The van der Waals surface area contributed by atoms with Crippen molar-refractivity contribution < 1.29 is 73.7 Å². The highest BCUT2D eigenvalue weighted by Gasteiger charge is 2.69. The van der Waals surface area contributed by atoms with Gasteiger partial charge in [0.25, 0.3) is 0 Å². The number of hydrogen-bond donors (Lipinski definition) is 13. The molecule has 6 saturated heterocycles. The van der Waals surface area contributed by atoms with Crippen LogP contribution in [0.1, 0.15) is 90.9 Å². The normalized spacial score (nSPS) is 31.3. The summed E-state index contributed by atoms with van der Waals surface area (Å²) in [6.45, 7) is 22.5. The van der Waals surface area contributed by atoms with Crippen molar-refractivity contribution in [1.82, 2.24) is 72.7 Å². The van der Waals surface area contributed by atoms with E-state index >= 15 is 0 Å². The van der Waals surface area contributed by atoms with Crippen LogP contribution >= 0.6 is 34.4 Å². The number of anilines is 5. The lowest BCUT2D eigenvalue weighted by Gasteiger charge is -2.34. The first-order valence-corrected chi connectivity index (χ1v) is 54.9. The summed E-state index contributed by atoms with van der Waals surface area (Å²) in [5.41, 5.74) is 32.3. The first kappa shape index (κ1) is 92.2. The summed E-state index contributed by atoms with van der Waals surface area (Å²) in [7, 11) is 0. The number of hydrogen-bond acceptors (Lipinski definition) is 29. The lowest BCUT2D eigenvalue weighted by Crippen LogP contribution is -2.43. The molecule has 120 heavy (non-hydrogen) atoms. The number of fused-ring (bicyclic) bond motifs is 7. The van der Waals surface area contributed by atoms with Gasteiger partial charge in [-0.05, 0) is 188 Å². The molecule has 6 aliphatic heterocycles. The van der Waals surface area contributed by atoms with Crippen LogP contribution < -0.4 is 28.7 Å². The fourth-order valence-corrected chi connectivity index (χ4v) is 20.7. The Morgan fingerprint density at radius 3 is 1.08 bits per heavy atom. The smallest absolute Gasteiger partial charge is 0.173 e. The van der Waals surface area contributed by atoms with Gasteiger partial charge in [0, 0.05) is 31.0 Å². The van der Waals surface area contributed by atoms with Gasteiger partial charge >= 0.3 is 0 Å². The van der Waals surface area contributed by atoms with Gasteiger partial charge in [-0.15, -0.1) is 65.9 Å². The lowest BCUT2D eigenvalue weighted by molar-refractivity contribution is -0.203. The number of ether oxygens (including phenoxy) is 6. The number of nitrogens with zero attached hydrogens (tertiary/aromatic N) is 15. The van der Waals surface area contributed by atoms with E-state index in [4.69, 9.17) is 57.1 Å². The van der Waals surface area contributed by atoms with Gasteiger partial charge < -0.3 is 97.9 Å². The van der Waals surface area contributed by atoms with Crippen molar-refractivity contribution in [1.29, 1.82) is 0 Å². The van der Waals surface area contributed by atoms with Crippen LogP contribution in [-0.2, 0) is 28.4 Å². The number of aliphatic hydroxyl groups is 8. The molecular weight excluding hydrogens is 1640 g/mol. The first-order chi connectivity index (χ1) is 55.8. The highest BCUT2D eigenvalue weighted by Crippen LogP contribution is 2.57. The second-order valence-electron chi connectivity index (χ2n) is 36.8. The van der Waals surface area contributed by atoms with Gasteiger partial charge in [0.1, 0.15) is 86.6 Å². The summed E-state index contributed by atoms with van der Waals surface area (Å²) in [4.78, 5) is 42.8. The molecule has 40 heteroatoms. The zero-order valence-electron chi connectivity index (χ0n) is 70.9. The van der Waals surface area contributed by atoms with Gasteiger partial charge in [-0.1, -0.05) is 0 Å². The summed E-state index contributed by atoms with van der Waals surface area (Å²) in [6, 6.07) is 8.37. The molecule has 10 aromatic heterocycles. The predicted octanol–water partition coefficient (Wildman–Crippen LogP) is 6.61. The Kier molecular flexibility index (Phi) is 26.5. The first-order valence-electron chi connectivity index (χ1n) is 39.6. The van der Waals surface area contributed by atoms with Crippen molar-refractivity contribution in [2.24, 2.45) is 0 Å². The molecule has 6 aliphatic rings. The molecule has 6 fully saturated rings. The van der Waals surface area contributed by atoms with E-state index in [1.165, 1.54) is 10.9 Å². The van der Waals surface area contributed by atoms with Crippen LogP contribution in [0, 0.1) is 0 Å². The number of nitrogen functional groups attached to an aromatic ring is 5. The second-order valence-corrected chi connectivity index (χ2v) is 58.4. The maximum absolute atomic E-state index is 14.6. The third-order valence-corrected chi connectivity index (χ3v) is 30.4. The summed E-state index contributed by atoms with van der Waals surface area (Å²) >= 11 is 0. The molecular formula is C80H122FN20O14P5. The number of alkyl halides is 1. The molecule has 0 amide bonds. The average molecular weight is 1760 g/mol. The fraction of sp³-hybridized carbons (Fsp3) is 0.562. The Hall–Kier alpha value is -7.03. The van der Waals surface area contributed by atoms with Crippen LogP contribution in [0.4, 0.5) is 32.8 Å². The maximum Gasteiger partial charge on any atom is 0.173 e. The zero-order chi connectivity index (χ0) is 87.9. The summed E-state index contributed by atoms with van der Waals surface area (Å²) in [6.07, 6.45) is 31.7. The number of nitrogens with two attached hydrogens (primary N) is 5. The highest BCUT2D eigenvalue weighted by molar-refractivity contribution is 7.73. The molecule has 16 rings (SSSR count). The summed E-state index contributed by atoms with van der Waals surface area (Å²) in [5, 5.41) is 85.0. The Morgan fingerprint density at radius 1 is 0.408 bits per heavy atom. The Labute approximate surface area is 698 Å². The van der Waals surface area contributed by atoms with Crippen LogP contribution in [0.3, 0.4) is 0 Å². The van der Waals surface area contributed by atoms with Gasteiger partial charge in [-0.3, -0.25) is 22.8 Å². The molecule has 658 valence electrons. The van der Waals surface area contributed by atoms with Gasteiger partial charge in [-0.25, -0.2) is 54.2 Å². The van der Waals surface area contributed by atoms with Gasteiger partial charge in [0.15, 0.2) is 65.5 Å². The number of halogens is 1. The SMILES string of the molecule is C=P(C)(C)CC[C@@]1(C)O[C@@H](n2cnc3c(N)ccnc32)[C@H](O)[C@@H]1O.C=P(C)(C)CC[C@H]1O[C@@H](n2cnc3c(N)ccnc32)[C@@](C)(O)[C@@H]1O.C=P(C)(C)CC[C@H]1O[C@@H](n2cnc3c(N)ccnc32)[C@H](F)[C@@H]1O.C=P(C)(C)CC[C@H]1O[C@@H](n2cnc3c(N)ccnc32)[C@](C)(O)[C@@H]1O.C=P(C)(C)CC[C@]12CO[C@](C)([C@@H]1O)[C@H](n1cnc3c(N)ccnc31)O2. The van der Waals surface area contributed by atoms with E-state index < -0.39 is 155 Å². The van der Waals surface area contributed by atoms with Crippen molar-refractivity contribution in [3.05, 3.63) is 93.0 Å². The van der Waals surface area contributed by atoms with Crippen molar-refractivity contribution >= 4 is 150 Å². The zero-order valence-corrected chi connectivity index (χ0v) is 75.3. The molecule has 2 bridgehead atoms. The van der Waals surface area contributed by atoms with Crippen molar-refractivity contribution in [2.45, 2.75) is 180 Å². The highest BCUT2D eigenvalue weighted by atomic mass is 31.2. The van der Waals surface area contributed by atoms with E-state index in [-0.39, 0.29) is 0 Å². The Morgan fingerprint density at radius 2 is 0.725 bits per heavy atom. The third kappa shape index (κ3) is 19.1. The average Bonchev–Trinajstić information content (AvgIpc) is 1.54. The molecule has 0 aliphatic carbocycles. The van der Waals surface area contributed by atoms with E-state index in [1.54, 1.807) is 114 Å². The fourth-order valence-electron chi connectivity index (χ4n) is 15.8. The third-order valence-electron chi connectivity index (χ3n) is 23.1. The molecule has 10 aromatic rings. The number of imidazole rings is 5. The number of pyridine rings is 5. The van der Waals surface area contributed by atoms with Crippen LogP contribution in [0.5, 0.6) is 0 Å². The minimum absolute atomic E-state index is 0.392. The quantitative estimate of drug-likeness (QED) is 0.0357. The number of aliphatic hydroxyl groups excluding tert-OH is 6. The molecule has 0 spiro atoms. The minimum Gasteiger partial charge on any atom is -0.397 e. The van der Waals surface area contributed by atoms with E-state index in [0.29, 0.717) is 117 Å². The molecule has 0 aromatic carbocycles. The maximum atomic E-state index is 14.6. The van der Waals surface area contributed by atoms with Crippen molar-refractivity contribution in [2.75, 3.05) is 133 Å². The molecule has 0 radical (unpaired) electrons. The van der Waals surface area contributed by atoms with Crippen LogP contribution in [0.2, 0.25) is 0 Å². The van der Waals surface area contributed by atoms with Gasteiger partial charge in [0.05, 0.1) is 90.6 Å². The van der Waals surface area contributed by atoms with E-state index in [0.717, 1.165) is 37.2 Å². The molecule has 20 atom stereocenters. The van der Waals surface area contributed by atoms with Crippen LogP contribution in [0.25, 0.3) is 55.8 Å². The minimum atomic E-state index is -1.54. The topological polar surface area (TPSA) is 501 Å². The molecule has 0 unspecified atom stereocenters. The summed E-state index contributed by atoms with van der Waals surface area (Å²) < 4.78 is 59.1. The Balaban J connectivity index is 0.000000138. The van der Waals surface area contributed by atoms with Gasteiger partial charge in [-0.2, -0.15) is 0 Å². The number of rotatable bonds is 20. The van der Waals surface area contributed by atoms with E-state index in [9.17, 15) is 45.2 Å². The summed E-state index contributed by atoms with van der Waals surface area (Å²) in [5.74, 6) is 0. The second kappa shape index (κ2) is 34.5. The standard InChI is InChI=1S/C17H25N4O3P.3C16H25N4O3P.C15H22FN4O2P/c1-16-14(22)17(9-23-16,6-8-25(2,3)4)24-15(16)21-10-20-12-11(18)5-7-19-13(12)21;1-16(6-8-24(2,3)4)13(22)12(21)15(23-16)20-9-19-11-10(17)5-7-18-14(11)20;2*1-16(22)13(21)11(6-8-24(2,3)4)23-15(16)20-9-19-12-10(17)5-7-18-14(12)20;1-23(2,3)7-5-10-13(21)11(16)15(22-10)20-8-19-12-9(17)4-6-18-14(12)20/h5,7,10,14-15,22H,2,6,8-9H2,1,3-4H3,(H2,18,19);5,7,9,12-13,15,21-22H,2,6,8H2,1,3-4H3,(H2,17,18);2*5,7,9,11,13,15,21-22H,2,6,8H2,1,3-4H3,(H2,17,18);4,6,8,10-11,13,15,21H,1,5,7H2,2-3H3,(H2,17,18)/t14-,15+,16+,17-;12-,13+,15-,16-;11-,13-,15-,16+;11-,13-,15-,16-;10-,11-,13-,15-/m01111/s1. The number of aromatic nitrogens is 15. The molecule has 16 heterocycles. The largest absolute Gasteiger partial charge is 0.397 e. The van der Waals surface area contributed by atoms with Crippen LogP contribution in [-0.4, -0.2) is 338 Å². The molecule has 34 nitrogen and oxygen atoms in total. The Bertz CT molecular complexity index is 5470. The molecule has 0 saturated carbocycles. The van der Waals surface area contributed by atoms with Crippen LogP contribution in [0.15, 0.2) is 93.0 Å². The van der Waals surface area contributed by atoms with E-state index in [1.807, 2.05) is 18.4 Å². The van der Waals surface area contributed by atoms with Crippen molar-refractivity contribution in [3.8, 4) is 0 Å². The lowest BCUT2D eigenvalue weighted by atomic mass is 9.89.